The average molecular weight is 308 g/mol. The lowest BCUT2D eigenvalue weighted by atomic mass is 9.95. The van der Waals surface area contributed by atoms with Crippen LogP contribution in [0.1, 0.15) is 18.4 Å². The number of nitrogens with zero attached hydrogens (tertiary/aromatic N) is 1. The summed E-state index contributed by atoms with van der Waals surface area (Å²) in [4.78, 5) is 24.4. The Hall–Kier alpha value is -2.24. The van der Waals surface area contributed by atoms with Crippen molar-refractivity contribution >= 4 is 11.8 Å². The summed E-state index contributed by atoms with van der Waals surface area (Å²) in [6.45, 7) is 3.52. The van der Waals surface area contributed by atoms with Gasteiger partial charge in [0.15, 0.2) is 0 Å². The van der Waals surface area contributed by atoms with Gasteiger partial charge in [0.1, 0.15) is 11.6 Å². The first kappa shape index (κ1) is 16.1. The third kappa shape index (κ3) is 3.50. The number of hydrogen-bond donors (Lipinski definition) is 1. The second-order valence-electron chi connectivity index (χ2n) is 5.58. The Balaban J connectivity index is 1.95. The first-order valence-corrected chi connectivity index (χ1v) is 6.98. The minimum absolute atomic E-state index is 0.0904. The fourth-order valence-electron chi connectivity index (χ4n) is 2.38. The van der Waals surface area contributed by atoms with Crippen molar-refractivity contribution in [3.8, 4) is 0 Å². The van der Waals surface area contributed by atoms with Gasteiger partial charge in [-0.2, -0.15) is 0 Å². The van der Waals surface area contributed by atoms with E-state index in [1.165, 1.54) is 24.1 Å². The summed E-state index contributed by atoms with van der Waals surface area (Å²) in [5.41, 5.74) is -0.0428. The molecule has 0 aliphatic heterocycles. The fourth-order valence-corrected chi connectivity index (χ4v) is 2.38. The van der Waals surface area contributed by atoms with Crippen LogP contribution >= 0.6 is 0 Å². The second-order valence-corrected chi connectivity index (χ2v) is 5.58. The first-order chi connectivity index (χ1) is 10.4. The molecule has 1 aromatic rings. The summed E-state index contributed by atoms with van der Waals surface area (Å²) in [5.74, 6) is -1.89. The van der Waals surface area contributed by atoms with Gasteiger partial charge in [0.2, 0.25) is 11.8 Å². The molecule has 0 saturated heterocycles. The lowest BCUT2D eigenvalue weighted by Crippen LogP contribution is -2.40. The number of benzene rings is 1. The van der Waals surface area contributed by atoms with E-state index in [1.807, 2.05) is 0 Å². The second kappa shape index (κ2) is 6.25. The van der Waals surface area contributed by atoms with Crippen LogP contribution in [0.4, 0.5) is 8.78 Å². The monoisotopic (exact) mass is 308 g/mol. The van der Waals surface area contributed by atoms with Gasteiger partial charge >= 0.3 is 0 Å². The molecule has 1 aliphatic rings. The summed E-state index contributed by atoms with van der Waals surface area (Å²) < 4.78 is 26.8. The number of carbonyl (C=O) groups excluding carboxylic acids is 2. The highest BCUT2D eigenvalue weighted by Crippen LogP contribution is 2.48. The van der Waals surface area contributed by atoms with Crippen LogP contribution in [0.2, 0.25) is 0 Å². The molecule has 2 rings (SSSR count). The number of nitrogens with one attached hydrogen (secondary N) is 1. The highest BCUT2D eigenvalue weighted by molar-refractivity contribution is 5.90. The fraction of sp³-hybridized carbons (Fsp3) is 0.375. The van der Waals surface area contributed by atoms with E-state index in [1.54, 1.807) is 0 Å². The molecular formula is C16H18F2N2O2. The quantitative estimate of drug-likeness (QED) is 0.814. The molecule has 4 nitrogen and oxygen atoms in total. The number of halogens is 2. The van der Waals surface area contributed by atoms with Gasteiger partial charge in [0, 0.05) is 25.1 Å². The minimum Gasteiger partial charge on any atom is -0.354 e. The van der Waals surface area contributed by atoms with Crippen LogP contribution in [0, 0.1) is 11.6 Å². The van der Waals surface area contributed by atoms with Crippen molar-refractivity contribution in [1.29, 1.82) is 0 Å². The number of amides is 2. The molecule has 0 radical (unpaired) electrons. The molecular weight excluding hydrogens is 290 g/mol. The van der Waals surface area contributed by atoms with Crippen molar-refractivity contribution in [2.45, 2.75) is 18.3 Å². The summed E-state index contributed by atoms with van der Waals surface area (Å²) in [6, 6.07) is 3.50. The van der Waals surface area contributed by atoms with E-state index in [0.29, 0.717) is 5.56 Å². The van der Waals surface area contributed by atoms with Gasteiger partial charge in [0.05, 0.1) is 6.54 Å². The number of likely N-dealkylation sites (N-methyl/N-ethyl adjacent to an activating group) is 1. The Morgan fingerprint density at radius 2 is 2.09 bits per heavy atom. The zero-order chi connectivity index (χ0) is 16.3. The van der Waals surface area contributed by atoms with Crippen molar-refractivity contribution in [1.82, 2.24) is 10.2 Å². The number of hydrogen-bond acceptors (Lipinski definition) is 2. The zero-order valence-electron chi connectivity index (χ0n) is 12.4. The maximum absolute atomic E-state index is 13.9. The molecule has 0 aromatic heterocycles. The Morgan fingerprint density at radius 1 is 1.41 bits per heavy atom. The molecule has 22 heavy (non-hydrogen) atoms. The van der Waals surface area contributed by atoms with Crippen molar-refractivity contribution < 1.29 is 18.4 Å². The average Bonchev–Trinajstić information content (AvgIpc) is 3.25. The van der Waals surface area contributed by atoms with Crippen LogP contribution < -0.4 is 5.32 Å². The summed E-state index contributed by atoms with van der Waals surface area (Å²) in [6.07, 6.45) is 2.60. The van der Waals surface area contributed by atoms with Gasteiger partial charge in [-0.15, -0.1) is 0 Å². The molecule has 1 aliphatic carbocycles. The number of carbonyl (C=O) groups is 2. The van der Waals surface area contributed by atoms with Crippen LogP contribution in [-0.4, -0.2) is 36.9 Å². The van der Waals surface area contributed by atoms with Crippen LogP contribution in [0.5, 0.6) is 0 Å². The summed E-state index contributed by atoms with van der Waals surface area (Å²) in [5, 5.41) is 2.71. The molecule has 0 bridgehead atoms. The Morgan fingerprint density at radius 3 is 2.64 bits per heavy atom. The summed E-state index contributed by atoms with van der Waals surface area (Å²) >= 11 is 0. The van der Waals surface area contributed by atoms with Gasteiger partial charge in [-0.25, -0.2) is 8.78 Å². The maximum atomic E-state index is 13.9. The van der Waals surface area contributed by atoms with Gasteiger partial charge in [-0.1, -0.05) is 12.6 Å². The molecule has 1 N–H and O–H groups in total. The molecule has 118 valence electrons. The van der Waals surface area contributed by atoms with E-state index >= 15 is 0 Å². The lowest BCUT2D eigenvalue weighted by Gasteiger charge is -2.19. The van der Waals surface area contributed by atoms with Crippen LogP contribution in [-0.2, 0) is 15.0 Å². The Bertz CT molecular complexity index is 612. The van der Waals surface area contributed by atoms with E-state index in [-0.39, 0.29) is 24.9 Å². The van der Waals surface area contributed by atoms with Gasteiger partial charge in [0.25, 0.3) is 0 Å². The van der Waals surface area contributed by atoms with Crippen molar-refractivity contribution in [2.75, 3.05) is 20.1 Å². The molecule has 2 amide bonds. The lowest BCUT2D eigenvalue weighted by molar-refractivity contribution is -0.131. The third-order valence-corrected chi connectivity index (χ3v) is 3.91. The van der Waals surface area contributed by atoms with Crippen LogP contribution in [0.15, 0.2) is 30.9 Å². The predicted octanol–water partition coefficient (Wildman–Crippen LogP) is 1.76. The van der Waals surface area contributed by atoms with Crippen molar-refractivity contribution in [2.24, 2.45) is 0 Å². The molecule has 6 heteroatoms. The molecule has 1 aromatic carbocycles. The zero-order valence-corrected chi connectivity index (χ0v) is 12.4. The van der Waals surface area contributed by atoms with E-state index in [4.69, 9.17) is 0 Å². The SMILES string of the molecule is C=CC(=O)N(C)CC(=O)NCC1(c2ccc(F)cc2F)CC1. The predicted molar refractivity (Wildman–Crippen MR) is 78.1 cm³/mol. The van der Waals surface area contributed by atoms with E-state index in [9.17, 15) is 18.4 Å². The largest absolute Gasteiger partial charge is 0.354 e. The van der Waals surface area contributed by atoms with Gasteiger partial charge < -0.3 is 10.2 Å². The molecule has 0 unspecified atom stereocenters. The Labute approximate surface area is 127 Å². The highest BCUT2D eigenvalue weighted by Gasteiger charge is 2.46. The van der Waals surface area contributed by atoms with Crippen LogP contribution in [0.3, 0.4) is 0 Å². The van der Waals surface area contributed by atoms with Crippen molar-refractivity contribution in [3.63, 3.8) is 0 Å². The molecule has 0 atom stereocenters. The minimum atomic E-state index is -0.620. The van der Waals surface area contributed by atoms with Gasteiger partial charge in [-0.3, -0.25) is 9.59 Å². The Kier molecular flexibility index (Phi) is 4.59. The maximum Gasteiger partial charge on any atom is 0.246 e. The first-order valence-electron chi connectivity index (χ1n) is 6.98. The van der Waals surface area contributed by atoms with E-state index in [0.717, 1.165) is 25.0 Å². The summed E-state index contributed by atoms with van der Waals surface area (Å²) in [7, 11) is 1.50. The molecule has 0 spiro atoms. The normalized spacial score (nSPS) is 15.0. The molecule has 1 fully saturated rings. The molecule has 0 heterocycles. The molecule has 1 saturated carbocycles. The third-order valence-electron chi connectivity index (χ3n) is 3.91. The van der Waals surface area contributed by atoms with E-state index < -0.39 is 17.0 Å². The van der Waals surface area contributed by atoms with Crippen molar-refractivity contribution in [3.05, 3.63) is 48.1 Å². The van der Waals surface area contributed by atoms with E-state index in [2.05, 4.69) is 11.9 Å². The highest BCUT2D eigenvalue weighted by atomic mass is 19.1. The van der Waals surface area contributed by atoms with Crippen LogP contribution in [0.25, 0.3) is 0 Å². The standard InChI is InChI=1S/C16H18F2N2O2/c1-3-15(22)20(2)9-14(21)19-10-16(6-7-16)12-5-4-11(17)8-13(12)18/h3-5,8H,1,6-7,9-10H2,2H3,(H,19,21). The smallest absolute Gasteiger partial charge is 0.246 e. The topological polar surface area (TPSA) is 49.4 Å². The number of rotatable bonds is 6. The van der Waals surface area contributed by atoms with Gasteiger partial charge in [-0.05, 0) is 30.5 Å².